The van der Waals surface area contributed by atoms with Gasteiger partial charge in [0.1, 0.15) is 0 Å². The number of hydrogen-bond acceptors (Lipinski definition) is 0. The molecule has 0 bridgehead atoms. The summed E-state index contributed by atoms with van der Waals surface area (Å²) in [5, 5.41) is 13.1. The second-order valence-corrected chi connectivity index (χ2v) is 12.9. The highest BCUT2D eigenvalue weighted by atomic mass is 15.0. The maximum Gasteiger partial charge on any atom is 0.0544 e. The Balaban J connectivity index is 1.36. The Morgan fingerprint density at radius 3 is 1.39 bits per heavy atom. The molecule has 9 aromatic rings. The lowest BCUT2D eigenvalue weighted by Gasteiger charge is -2.24. The van der Waals surface area contributed by atoms with E-state index in [1.807, 2.05) is 0 Å². The molecule has 0 atom stereocenters. The summed E-state index contributed by atoms with van der Waals surface area (Å²) in [5.74, 6) is 0. The SMILES string of the molecule is CC1(C)c2cc3c4ccccc4c4ccccc4c3cc2-c2c1cc(-n1c3ccccc3c3ccccc31)c1ccccc21. The molecule has 1 aliphatic rings. The first-order valence-electron chi connectivity index (χ1n) is 15.5. The Morgan fingerprint density at radius 2 is 0.818 bits per heavy atom. The van der Waals surface area contributed by atoms with Gasteiger partial charge in [-0.15, -0.1) is 0 Å². The summed E-state index contributed by atoms with van der Waals surface area (Å²) >= 11 is 0. The van der Waals surface area contributed by atoms with Crippen molar-refractivity contribution in [2.45, 2.75) is 19.3 Å². The van der Waals surface area contributed by atoms with Gasteiger partial charge in [0.25, 0.3) is 0 Å². The first-order chi connectivity index (χ1) is 21.6. The Bertz CT molecular complexity index is 2630. The minimum absolute atomic E-state index is 0.164. The first-order valence-corrected chi connectivity index (χ1v) is 15.5. The summed E-state index contributed by atoms with van der Waals surface area (Å²) in [6.45, 7) is 4.83. The van der Waals surface area contributed by atoms with E-state index in [2.05, 4.69) is 158 Å². The van der Waals surface area contributed by atoms with Crippen molar-refractivity contribution in [1.29, 1.82) is 0 Å². The molecular formula is C43H29N. The number of para-hydroxylation sites is 2. The Morgan fingerprint density at radius 1 is 0.386 bits per heavy atom. The molecule has 0 amide bonds. The van der Waals surface area contributed by atoms with Crippen molar-refractivity contribution in [3.05, 3.63) is 151 Å². The quantitative estimate of drug-likeness (QED) is 0.176. The van der Waals surface area contributed by atoms with Crippen LogP contribution in [-0.2, 0) is 5.41 Å². The minimum Gasteiger partial charge on any atom is -0.309 e. The highest BCUT2D eigenvalue weighted by molar-refractivity contribution is 6.26. The minimum atomic E-state index is -0.164. The van der Waals surface area contributed by atoms with Gasteiger partial charge in [-0.3, -0.25) is 0 Å². The number of fused-ring (bicyclic) bond motifs is 14. The largest absolute Gasteiger partial charge is 0.309 e. The van der Waals surface area contributed by atoms with Crippen LogP contribution in [0.5, 0.6) is 0 Å². The molecule has 206 valence electrons. The molecule has 44 heavy (non-hydrogen) atoms. The van der Waals surface area contributed by atoms with Crippen LogP contribution < -0.4 is 0 Å². The molecule has 8 aromatic carbocycles. The normalized spacial score (nSPS) is 13.9. The lowest BCUT2D eigenvalue weighted by Crippen LogP contribution is -2.15. The number of hydrogen-bond donors (Lipinski definition) is 0. The average Bonchev–Trinajstić information content (AvgIpc) is 3.52. The number of benzene rings is 8. The van der Waals surface area contributed by atoms with E-state index < -0.39 is 0 Å². The van der Waals surface area contributed by atoms with Crippen LogP contribution in [-0.4, -0.2) is 4.57 Å². The van der Waals surface area contributed by atoms with Crippen LogP contribution in [0.15, 0.2) is 140 Å². The van der Waals surface area contributed by atoms with Gasteiger partial charge in [-0.25, -0.2) is 0 Å². The maximum absolute atomic E-state index is 2.51. The summed E-state index contributed by atoms with van der Waals surface area (Å²) < 4.78 is 2.49. The van der Waals surface area contributed by atoms with Crippen LogP contribution >= 0.6 is 0 Å². The fourth-order valence-electron chi connectivity index (χ4n) is 8.33. The molecular weight excluding hydrogens is 530 g/mol. The summed E-state index contributed by atoms with van der Waals surface area (Å²) in [5.41, 5.74) is 9.12. The van der Waals surface area contributed by atoms with Crippen molar-refractivity contribution in [3.8, 4) is 16.8 Å². The lowest BCUT2D eigenvalue weighted by molar-refractivity contribution is 0.661. The summed E-state index contributed by atoms with van der Waals surface area (Å²) in [6.07, 6.45) is 0. The van der Waals surface area contributed by atoms with Crippen molar-refractivity contribution < 1.29 is 0 Å². The molecule has 1 nitrogen and oxygen atoms in total. The van der Waals surface area contributed by atoms with Crippen molar-refractivity contribution in [2.24, 2.45) is 0 Å². The van der Waals surface area contributed by atoms with Crippen LogP contribution in [0.25, 0.3) is 81.7 Å². The number of aromatic nitrogens is 1. The van der Waals surface area contributed by atoms with E-state index in [1.54, 1.807) is 0 Å². The Labute approximate surface area is 255 Å². The van der Waals surface area contributed by atoms with Crippen LogP contribution in [0, 0.1) is 0 Å². The molecule has 0 saturated carbocycles. The van der Waals surface area contributed by atoms with Crippen LogP contribution in [0.1, 0.15) is 25.0 Å². The van der Waals surface area contributed by atoms with E-state index in [1.165, 1.54) is 92.8 Å². The lowest BCUT2D eigenvalue weighted by atomic mass is 9.80. The van der Waals surface area contributed by atoms with Gasteiger partial charge in [0.2, 0.25) is 0 Å². The second kappa shape index (κ2) is 8.36. The van der Waals surface area contributed by atoms with Gasteiger partial charge >= 0.3 is 0 Å². The van der Waals surface area contributed by atoms with Gasteiger partial charge in [0.05, 0.1) is 16.7 Å². The smallest absolute Gasteiger partial charge is 0.0544 e. The number of rotatable bonds is 1. The molecule has 0 saturated heterocycles. The topological polar surface area (TPSA) is 4.93 Å². The molecule has 0 aliphatic heterocycles. The molecule has 0 fully saturated rings. The van der Waals surface area contributed by atoms with E-state index in [4.69, 9.17) is 0 Å². The van der Waals surface area contributed by atoms with Crippen LogP contribution in [0.2, 0.25) is 0 Å². The van der Waals surface area contributed by atoms with E-state index in [0.717, 1.165) is 0 Å². The summed E-state index contributed by atoms with van der Waals surface area (Å²) in [4.78, 5) is 0. The third-order valence-corrected chi connectivity index (χ3v) is 10.3. The predicted octanol–water partition coefficient (Wildman–Crippen LogP) is 11.7. The summed E-state index contributed by atoms with van der Waals surface area (Å²) in [7, 11) is 0. The Hall–Kier alpha value is -5.40. The van der Waals surface area contributed by atoms with E-state index in [9.17, 15) is 0 Å². The van der Waals surface area contributed by atoms with Crippen LogP contribution in [0.4, 0.5) is 0 Å². The highest BCUT2D eigenvalue weighted by Crippen LogP contribution is 2.55. The van der Waals surface area contributed by atoms with Crippen LogP contribution in [0.3, 0.4) is 0 Å². The van der Waals surface area contributed by atoms with E-state index >= 15 is 0 Å². The zero-order chi connectivity index (χ0) is 29.2. The van der Waals surface area contributed by atoms with Gasteiger partial charge in [0.15, 0.2) is 0 Å². The molecule has 10 rings (SSSR count). The van der Waals surface area contributed by atoms with Gasteiger partial charge in [-0.1, -0.05) is 123 Å². The second-order valence-electron chi connectivity index (χ2n) is 12.9. The molecule has 1 aromatic heterocycles. The van der Waals surface area contributed by atoms with E-state index in [-0.39, 0.29) is 5.41 Å². The van der Waals surface area contributed by atoms with E-state index in [0.29, 0.717) is 0 Å². The highest BCUT2D eigenvalue weighted by Gasteiger charge is 2.38. The standard InChI is InChI=1S/C43H29N/c1-43(2)37-24-35-29-16-6-4-14-27(29)26-13-3-5-15-28(26)34(35)23-36(37)42-33-20-8-7-19-32(33)41(25-38(42)43)44-39-21-11-9-17-30(39)31-18-10-12-22-40(31)44/h3-25H,1-2H3. The summed E-state index contributed by atoms with van der Waals surface area (Å²) in [6, 6.07) is 52.0. The molecule has 0 N–H and O–H groups in total. The number of nitrogens with zero attached hydrogens (tertiary/aromatic N) is 1. The molecule has 1 heterocycles. The Kier molecular flexibility index (Phi) is 4.58. The van der Waals surface area contributed by atoms with Crippen molar-refractivity contribution in [3.63, 3.8) is 0 Å². The molecule has 0 unspecified atom stereocenters. The zero-order valence-corrected chi connectivity index (χ0v) is 24.7. The van der Waals surface area contributed by atoms with Crippen molar-refractivity contribution in [2.75, 3.05) is 0 Å². The molecule has 0 radical (unpaired) electrons. The molecule has 1 aliphatic carbocycles. The average molecular weight is 560 g/mol. The first kappa shape index (κ1) is 24.1. The van der Waals surface area contributed by atoms with Crippen molar-refractivity contribution in [1.82, 2.24) is 4.57 Å². The third kappa shape index (κ3) is 2.94. The van der Waals surface area contributed by atoms with Gasteiger partial charge < -0.3 is 4.57 Å². The van der Waals surface area contributed by atoms with Gasteiger partial charge in [0, 0.05) is 21.6 Å². The maximum atomic E-state index is 2.51. The third-order valence-electron chi connectivity index (χ3n) is 10.3. The predicted molar refractivity (Wildman–Crippen MR) is 188 cm³/mol. The molecule has 1 heteroatoms. The van der Waals surface area contributed by atoms with Gasteiger partial charge in [-0.05, 0) is 90.3 Å². The monoisotopic (exact) mass is 559 g/mol. The van der Waals surface area contributed by atoms with Gasteiger partial charge in [-0.2, -0.15) is 0 Å². The fourth-order valence-corrected chi connectivity index (χ4v) is 8.33. The zero-order valence-electron chi connectivity index (χ0n) is 24.7. The van der Waals surface area contributed by atoms with Crippen molar-refractivity contribution >= 4 is 64.9 Å². The molecule has 0 spiro atoms. The fraction of sp³-hybridized carbons (Fsp3) is 0.0698.